The van der Waals surface area contributed by atoms with E-state index in [1.807, 2.05) is 11.9 Å². The Kier molecular flexibility index (Phi) is 9.00. The molecule has 2 aromatic rings. The van der Waals surface area contributed by atoms with Gasteiger partial charge in [0, 0.05) is 45.7 Å². The van der Waals surface area contributed by atoms with Crippen molar-refractivity contribution in [1.82, 2.24) is 15.1 Å². The lowest BCUT2D eigenvalue weighted by molar-refractivity contribution is 0.0657. The van der Waals surface area contributed by atoms with Gasteiger partial charge in [-0.3, -0.25) is 9.79 Å². The van der Waals surface area contributed by atoms with Crippen LogP contribution in [0, 0.1) is 5.92 Å². The molecule has 3 rings (SSSR count). The van der Waals surface area contributed by atoms with Gasteiger partial charge in [0.25, 0.3) is 5.91 Å². The van der Waals surface area contributed by atoms with Gasteiger partial charge in [0.15, 0.2) is 11.7 Å². The summed E-state index contributed by atoms with van der Waals surface area (Å²) in [5, 5.41) is 3.54. The number of nitrogens with one attached hydrogen (secondary N) is 1. The van der Waals surface area contributed by atoms with E-state index in [4.69, 9.17) is 4.42 Å². The van der Waals surface area contributed by atoms with Crippen LogP contribution in [0.5, 0.6) is 0 Å². The topological polar surface area (TPSA) is 61.1 Å². The third-order valence-electron chi connectivity index (χ3n) is 5.32. The van der Waals surface area contributed by atoms with Crippen molar-refractivity contribution >= 4 is 35.8 Å². The van der Waals surface area contributed by atoms with Gasteiger partial charge in [-0.25, -0.2) is 0 Å². The minimum atomic E-state index is -0.0449. The van der Waals surface area contributed by atoms with Gasteiger partial charge in [0.05, 0.1) is 6.26 Å². The minimum Gasteiger partial charge on any atom is -0.459 e. The van der Waals surface area contributed by atoms with Gasteiger partial charge < -0.3 is 19.5 Å². The number of hydrogen-bond donors (Lipinski definition) is 1. The number of halogens is 1. The largest absolute Gasteiger partial charge is 0.459 e. The average molecular weight is 510 g/mol. The molecule has 1 atom stereocenters. The number of aliphatic imine (C=N–C) groups is 1. The Morgan fingerprint density at radius 1 is 1.07 bits per heavy atom. The number of rotatable bonds is 5. The molecular formula is C22H31IN4O2. The summed E-state index contributed by atoms with van der Waals surface area (Å²) in [5.74, 6) is 2.19. The van der Waals surface area contributed by atoms with Crippen LogP contribution in [0.3, 0.4) is 0 Å². The Bertz CT molecular complexity index is 769. The third kappa shape index (κ3) is 5.98. The van der Waals surface area contributed by atoms with E-state index in [2.05, 4.69) is 59.4 Å². The number of amides is 1. The zero-order chi connectivity index (χ0) is 19.9. The van der Waals surface area contributed by atoms with Crippen molar-refractivity contribution in [2.24, 2.45) is 10.9 Å². The van der Waals surface area contributed by atoms with Crippen LogP contribution in [0.2, 0.25) is 0 Å². The number of hydrogen-bond acceptors (Lipinski definition) is 3. The average Bonchev–Trinajstić information content (AvgIpc) is 3.26. The van der Waals surface area contributed by atoms with E-state index >= 15 is 0 Å². The van der Waals surface area contributed by atoms with Crippen LogP contribution in [0.25, 0.3) is 0 Å². The highest BCUT2D eigenvalue weighted by atomic mass is 127. The molecule has 0 spiro atoms. The van der Waals surface area contributed by atoms with Crippen LogP contribution in [0.4, 0.5) is 0 Å². The number of piperazine rings is 1. The molecule has 1 aliphatic heterocycles. The third-order valence-corrected chi connectivity index (χ3v) is 5.32. The van der Waals surface area contributed by atoms with Crippen molar-refractivity contribution in [2.45, 2.75) is 19.8 Å². The number of nitrogens with zero attached hydrogens (tertiary/aromatic N) is 3. The molecule has 1 N–H and O–H groups in total. The van der Waals surface area contributed by atoms with Gasteiger partial charge >= 0.3 is 0 Å². The van der Waals surface area contributed by atoms with Gasteiger partial charge in [-0.2, -0.15) is 0 Å². The van der Waals surface area contributed by atoms with Crippen LogP contribution in [0.1, 0.15) is 35.9 Å². The van der Waals surface area contributed by atoms with E-state index in [0.717, 1.165) is 25.6 Å². The first kappa shape index (κ1) is 23.3. The molecule has 1 aliphatic rings. The lowest BCUT2D eigenvalue weighted by Gasteiger charge is -2.36. The highest BCUT2D eigenvalue weighted by Gasteiger charge is 2.25. The lowest BCUT2D eigenvalue weighted by Crippen LogP contribution is -2.54. The van der Waals surface area contributed by atoms with Crippen molar-refractivity contribution in [3.8, 4) is 0 Å². The van der Waals surface area contributed by atoms with Crippen molar-refractivity contribution in [3.05, 3.63) is 60.1 Å². The summed E-state index contributed by atoms with van der Waals surface area (Å²) >= 11 is 0. The molecule has 0 saturated carbocycles. The molecule has 1 aromatic carbocycles. The molecule has 1 unspecified atom stereocenters. The number of benzene rings is 1. The Balaban J connectivity index is 0.00000300. The Morgan fingerprint density at radius 2 is 1.72 bits per heavy atom. The molecule has 1 aromatic heterocycles. The molecule has 7 heteroatoms. The monoisotopic (exact) mass is 510 g/mol. The molecule has 158 valence electrons. The summed E-state index contributed by atoms with van der Waals surface area (Å²) in [5.41, 5.74) is 1.34. The second-order valence-corrected chi connectivity index (χ2v) is 7.45. The van der Waals surface area contributed by atoms with Crippen molar-refractivity contribution in [2.75, 3.05) is 39.8 Å². The van der Waals surface area contributed by atoms with Gasteiger partial charge in [-0.15, -0.1) is 24.0 Å². The Morgan fingerprint density at radius 3 is 2.28 bits per heavy atom. The molecule has 0 bridgehead atoms. The standard InChI is InChI=1S/C22H30N4O2.HI/c1-17(2)19(18-8-5-4-6-9-18)16-24-22(23-3)26-13-11-25(12-14-26)21(27)20-10-7-15-28-20;/h4-10,15,17,19H,11-14,16H2,1-3H3,(H,23,24);1H. The lowest BCUT2D eigenvalue weighted by atomic mass is 9.88. The summed E-state index contributed by atoms with van der Waals surface area (Å²) in [6, 6.07) is 14.1. The van der Waals surface area contributed by atoms with Crippen LogP contribution < -0.4 is 5.32 Å². The van der Waals surface area contributed by atoms with Crippen molar-refractivity contribution < 1.29 is 9.21 Å². The highest BCUT2D eigenvalue weighted by molar-refractivity contribution is 14.0. The van der Waals surface area contributed by atoms with E-state index in [-0.39, 0.29) is 29.9 Å². The van der Waals surface area contributed by atoms with E-state index in [0.29, 0.717) is 30.7 Å². The number of furan rings is 1. The fourth-order valence-corrected chi connectivity index (χ4v) is 3.65. The smallest absolute Gasteiger partial charge is 0.289 e. The second kappa shape index (κ2) is 11.2. The summed E-state index contributed by atoms with van der Waals surface area (Å²) in [6.45, 7) is 8.16. The van der Waals surface area contributed by atoms with Crippen molar-refractivity contribution in [1.29, 1.82) is 0 Å². The maximum absolute atomic E-state index is 12.4. The van der Waals surface area contributed by atoms with E-state index in [1.165, 1.54) is 11.8 Å². The van der Waals surface area contributed by atoms with Crippen LogP contribution >= 0.6 is 24.0 Å². The molecule has 1 fully saturated rings. The number of carbonyl (C=O) groups is 1. The van der Waals surface area contributed by atoms with Gasteiger partial charge in [0.1, 0.15) is 0 Å². The fourth-order valence-electron chi connectivity index (χ4n) is 3.65. The zero-order valence-corrected chi connectivity index (χ0v) is 19.7. The first-order chi connectivity index (χ1) is 13.6. The normalized spacial score (nSPS) is 15.8. The summed E-state index contributed by atoms with van der Waals surface area (Å²) in [6.07, 6.45) is 1.53. The van der Waals surface area contributed by atoms with Crippen LogP contribution in [-0.2, 0) is 0 Å². The molecular weight excluding hydrogens is 479 g/mol. The maximum Gasteiger partial charge on any atom is 0.289 e. The summed E-state index contributed by atoms with van der Waals surface area (Å²) in [7, 11) is 1.82. The number of carbonyl (C=O) groups excluding carboxylic acids is 1. The second-order valence-electron chi connectivity index (χ2n) is 7.45. The highest BCUT2D eigenvalue weighted by Crippen LogP contribution is 2.23. The van der Waals surface area contributed by atoms with Gasteiger partial charge in [0.2, 0.25) is 0 Å². The fraction of sp³-hybridized carbons (Fsp3) is 0.455. The Hall–Kier alpha value is -2.03. The predicted molar refractivity (Wildman–Crippen MR) is 127 cm³/mol. The molecule has 1 amide bonds. The summed E-state index contributed by atoms with van der Waals surface area (Å²) in [4.78, 5) is 20.9. The van der Waals surface area contributed by atoms with Crippen LogP contribution in [0.15, 0.2) is 58.1 Å². The van der Waals surface area contributed by atoms with Crippen molar-refractivity contribution in [3.63, 3.8) is 0 Å². The van der Waals surface area contributed by atoms with Crippen LogP contribution in [-0.4, -0.2) is 61.4 Å². The first-order valence-electron chi connectivity index (χ1n) is 9.93. The maximum atomic E-state index is 12.4. The number of guanidine groups is 1. The quantitative estimate of drug-likeness (QED) is 0.379. The zero-order valence-electron chi connectivity index (χ0n) is 17.4. The SMILES string of the molecule is CN=C(NCC(c1ccccc1)C(C)C)N1CCN(C(=O)c2ccco2)CC1.I. The molecule has 2 heterocycles. The predicted octanol–water partition coefficient (Wildman–Crippen LogP) is 3.67. The van der Waals surface area contributed by atoms with E-state index < -0.39 is 0 Å². The molecule has 0 aliphatic carbocycles. The molecule has 0 radical (unpaired) electrons. The minimum absolute atomic E-state index is 0. The first-order valence-corrected chi connectivity index (χ1v) is 9.93. The molecule has 29 heavy (non-hydrogen) atoms. The van der Waals surface area contributed by atoms with E-state index in [9.17, 15) is 4.79 Å². The molecule has 1 saturated heterocycles. The summed E-state index contributed by atoms with van der Waals surface area (Å²) < 4.78 is 5.23. The van der Waals surface area contributed by atoms with Gasteiger partial charge in [-0.05, 0) is 23.6 Å². The molecule has 6 nitrogen and oxygen atoms in total. The van der Waals surface area contributed by atoms with E-state index in [1.54, 1.807) is 12.1 Å². The Labute approximate surface area is 190 Å². The van der Waals surface area contributed by atoms with Gasteiger partial charge in [-0.1, -0.05) is 44.2 Å².